The molecule has 1 saturated heterocycles. The quantitative estimate of drug-likeness (QED) is 0.807. The van der Waals surface area contributed by atoms with Crippen molar-refractivity contribution in [2.75, 3.05) is 26.7 Å². The molecule has 5 heteroatoms. The molecule has 0 spiro atoms. The van der Waals surface area contributed by atoms with Crippen LogP contribution in [0.4, 0.5) is 0 Å². The standard InChI is InChI=1S/C13H20BrClN2S/c1-17-6-3-10(4-7-17)2-5-16-9-11-8-12(14)13(15)18-11/h8,10,16H,2-7,9H2,1H3. The summed E-state index contributed by atoms with van der Waals surface area (Å²) in [5.74, 6) is 0.910. The fourth-order valence-corrected chi connectivity index (χ4v) is 4.11. The molecule has 0 atom stereocenters. The average Bonchev–Trinajstić information content (AvgIpc) is 2.67. The van der Waals surface area contributed by atoms with E-state index in [4.69, 9.17) is 11.6 Å². The summed E-state index contributed by atoms with van der Waals surface area (Å²) < 4.78 is 1.86. The summed E-state index contributed by atoms with van der Waals surface area (Å²) >= 11 is 11.1. The van der Waals surface area contributed by atoms with Gasteiger partial charge in [-0.15, -0.1) is 11.3 Å². The van der Waals surface area contributed by atoms with Crippen LogP contribution in [0.15, 0.2) is 10.5 Å². The van der Waals surface area contributed by atoms with Gasteiger partial charge in [0.15, 0.2) is 0 Å². The van der Waals surface area contributed by atoms with Gasteiger partial charge in [0.25, 0.3) is 0 Å². The Bertz CT molecular complexity index is 356. The van der Waals surface area contributed by atoms with Gasteiger partial charge < -0.3 is 10.2 Å². The van der Waals surface area contributed by atoms with E-state index in [2.05, 4.69) is 39.3 Å². The smallest absolute Gasteiger partial charge is 0.107 e. The summed E-state index contributed by atoms with van der Waals surface area (Å²) in [5, 5.41) is 3.52. The van der Waals surface area contributed by atoms with Crippen LogP contribution >= 0.6 is 38.9 Å². The Balaban J connectivity index is 1.61. The van der Waals surface area contributed by atoms with Crippen LogP contribution in [0.5, 0.6) is 0 Å². The molecule has 1 aliphatic rings. The predicted octanol–water partition coefficient (Wildman–Crippen LogP) is 3.99. The van der Waals surface area contributed by atoms with Gasteiger partial charge in [0, 0.05) is 15.9 Å². The third-order valence-corrected chi connectivity index (χ3v) is 6.04. The van der Waals surface area contributed by atoms with Crippen LogP contribution in [0.25, 0.3) is 0 Å². The van der Waals surface area contributed by atoms with Crippen LogP contribution in [0.1, 0.15) is 24.1 Å². The van der Waals surface area contributed by atoms with Crippen molar-refractivity contribution < 1.29 is 0 Å². The number of halogens is 2. The van der Waals surface area contributed by atoms with E-state index < -0.39 is 0 Å². The van der Waals surface area contributed by atoms with Crippen molar-refractivity contribution in [1.82, 2.24) is 10.2 Å². The second kappa shape index (κ2) is 7.25. The fraction of sp³-hybridized carbons (Fsp3) is 0.692. The Labute approximate surface area is 127 Å². The van der Waals surface area contributed by atoms with Crippen LogP contribution < -0.4 is 5.32 Å². The molecule has 0 unspecified atom stereocenters. The summed E-state index contributed by atoms with van der Waals surface area (Å²) in [4.78, 5) is 3.73. The maximum absolute atomic E-state index is 6.02. The van der Waals surface area contributed by atoms with Crippen molar-refractivity contribution in [1.29, 1.82) is 0 Å². The number of hydrogen-bond acceptors (Lipinski definition) is 3. The van der Waals surface area contributed by atoms with Crippen molar-refractivity contribution in [3.8, 4) is 0 Å². The second-order valence-corrected chi connectivity index (χ2v) is 7.64. The zero-order chi connectivity index (χ0) is 13.0. The van der Waals surface area contributed by atoms with Gasteiger partial charge in [-0.2, -0.15) is 0 Å². The van der Waals surface area contributed by atoms with E-state index >= 15 is 0 Å². The van der Waals surface area contributed by atoms with Crippen molar-refractivity contribution in [3.05, 3.63) is 19.8 Å². The average molecular weight is 352 g/mol. The summed E-state index contributed by atoms with van der Waals surface area (Å²) in [6.07, 6.45) is 4.01. The Kier molecular flexibility index (Phi) is 5.96. The highest BCUT2D eigenvalue weighted by Gasteiger charge is 2.15. The maximum atomic E-state index is 6.02. The minimum Gasteiger partial charge on any atom is -0.312 e. The molecular formula is C13H20BrClN2S. The van der Waals surface area contributed by atoms with E-state index in [1.54, 1.807) is 11.3 Å². The Hall–Kier alpha value is 0.390. The first-order valence-electron chi connectivity index (χ1n) is 6.48. The lowest BCUT2D eigenvalue weighted by Gasteiger charge is -2.28. The van der Waals surface area contributed by atoms with E-state index in [0.29, 0.717) is 0 Å². The number of likely N-dealkylation sites (tertiary alicyclic amines) is 1. The van der Waals surface area contributed by atoms with E-state index in [1.165, 1.54) is 37.2 Å². The molecule has 102 valence electrons. The van der Waals surface area contributed by atoms with E-state index in [0.717, 1.165) is 27.8 Å². The molecule has 0 saturated carbocycles. The van der Waals surface area contributed by atoms with Crippen molar-refractivity contribution in [2.24, 2.45) is 5.92 Å². The van der Waals surface area contributed by atoms with Gasteiger partial charge in [0.1, 0.15) is 4.34 Å². The topological polar surface area (TPSA) is 15.3 Å². The van der Waals surface area contributed by atoms with E-state index in [1.807, 2.05) is 0 Å². The highest BCUT2D eigenvalue weighted by molar-refractivity contribution is 9.10. The molecule has 1 N–H and O–H groups in total. The molecule has 0 radical (unpaired) electrons. The first kappa shape index (κ1) is 14.8. The first-order chi connectivity index (χ1) is 8.65. The van der Waals surface area contributed by atoms with Crippen molar-refractivity contribution >= 4 is 38.9 Å². The lowest BCUT2D eigenvalue weighted by molar-refractivity contribution is 0.211. The Morgan fingerprint density at radius 1 is 1.50 bits per heavy atom. The first-order valence-corrected chi connectivity index (χ1v) is 8.47. The molecule has 1 fully saturated rings. The zero-order valence-electron chi connectivity index (χ0n) is 10.7. The Morgan fingerprint density at radius 2 is 2.22 bits per heavy atom. The number of hydrogen-bond donors (Lipinski definition) is 1. The highest BCUT2D eigenvalue weighted by Crippen LogP contribution is 2.31. The molecule has 2 nitrogen and oxygen atoms in total. The number of rotatable bonds is 5. The normalized spacial score (nSPS) is 18.4. The predicted molar refractivity (Wildman–Crippen MR) is 83.6 cm³/mol. The molecule has 0 aliphatic carbocycles. The lowest BCUT2D eigenvalue weighted by atomic mass is 9.94. The minimum absolute atomic E-state index is 0.849. The van der Waals surface area contributed by atoms with Crippen LogP contribution in [-0.2, 0) is 6.54 Å². The number of piperidine rings is 1. The molecule has 0 amide bonds. The number of nitrogens with one attached hydrogen (secondary N) is 1. The Morgan fingerprint density at radius 3 is 2.83 bits per heavy atom. The van der Waals surface area contributed by atoms with Gasteiger partial charge in [0.2, 0.25) is 0 Å². The molecule has 1 aromatic rings. The largest absolute Gasteiger partial charge is 0.312 e. The lowest BCUT2D eigenvalue weighted by Crippen LogP contribution is -2.31. The molecule has 1 aliphatic heterocycles. The van der Waals surface area contributed by atoms with Gasteiger partial charge in [-0.3, -0.25) is 0 Å². The summed E-state index contributed by atoms with van der Waals surface area (Å²) in [6.45, 7) is 4.57. The molecular weight excluding hydrogens is 332 g/mol. The summed E-state index contributed by atoms with van der Waals surface area (Å²) in [6, 6.07) is 2.11. The van der Waals surface area contributed by atoms with Crippen LogP contribution in [0.2, 0.25) is 4.34 Å². The molecule has 2 rings (SSSR count). The van der Waals surface area contributed by atoms with Crippen molar-refractivity contribution in [3.63, 3.8) is 0 Å². The highest BCUT2D eigenvalue weighted by atomic mass is 79.9. The van der Waals surface area contributed by atoms with Gasteiger partial charge >= 0.3 is 0 Å². The maximum Gasteiger partial charge on any atom is 0.107 e. The molecule has 2 heterocycles. The molecule has 18 heavy (non-hydrogen) atoms. The minimum atomic E-state index is 0.849. The zero-order valence-corrected chi connectivity index (χ0v) is 13.9. The molecule has 0 bridgehead atoms. The molecule has 1 aromatic heterocycles. The van der Waals surface area contributed by atoms with Gasteiger partial charge in [0.05, 0.1) is 0 Å². The van der Waals surface area contributed by atoms with E-state index in [-0.39, 0.29) is 0 Å². The van der Waals surface area contributed by atoms with Crippen LogP contribution in [-0.4, -0.2) is 31.6 Å². The van der Waals surface area contributed by atoms with E-state index in [9.17, 15) is 0 Å². The second-order valence-electron chi connectivity index (χ2n) is 5.05. The molecule has 0 aromatic carbocycles. The summed E-state index contributed by atoms with van der Waals surface area (Å²) in [5.41, 5.74) is 0. The van der Waals surface area contributed by atoms with Crippen molar-refractivity contribution in [2.45, 2.75) is 25.8 Å². The van der Waals surface area contributed by atoms with Crippen LogP contribution in [0.3, 0.4) is 0 Å². The fourth-order valence-electron chi connectivity index (χ4n) is 2.35. The monoisotopic (exact) mass is 350 g/mol. The SMILES string of the molecule is CN1CCC(CCNCc2cc(Br)c(Cl)s2)CC1. The van der Waals surface area contributed by atoms with Gasteiger partial charge in [-0.25, -0.2) is 0 Å². The summed E-state index contributed by atoms with van der Waals surface area (Å²) in [7, 11) is 2.22. The number of thiophene rings is 1. The third-order valence-electron chi connectivity index (χ3n) is 3.56. The van der Waals surface area contributed by atoms with Crippen LogP contribution in [0, 0.1) is 5.92 Å². The third kappa shape index (κ3) is 4.49. The van der Waals surface area contributed by atoms with Gasteiger partial charge in [-0.1, -0.05) is 11.6 Å². The number of nitrogens with zero attached hydrogens (tertiary/aromatic N) is 1. The van der Waals surface area contributed by atoms with Gasteiger partial charge in [-0.05, 0) is 73.9 Å².